The van der Waals surface area contributed by atoms with E-state index in [2.05, 4.69) is 47.0 Å². The van der Waals surface area contributed by atoms with Crippen molar-refractivity contribution in [3.8, 4) is 11.3 Å². The van der Waals surface area contributed by atoms with Crippen LogP contribution >= 0.6 is 0 Å². The standard InChI is InChI=1S/C37H35GeN2O/c1-24(2)34-32(39-6)21-20-30-29-19-18-25(3)35(37(29)41-36(30)34)33-22-31(26(4)23-40(33)7)38(5,27-14-10-8-11-15-27)28-16-12-9-13-17-28/h8-24H,1-5,7H3/q+1/i4D3,24D. The molecule has 6 aromatic rings. The van der Waals surface area contributed by atoms with Gasteiger partial charge in [0.05, 0.1) is 0 Å². The van der Waals surface area contributed by atoms with E-state index >= 15 is 0 Å². The molecule has 3 nitrogen and oxygen atoms in total. The third-order valence-electron chi connectivity index (χ3n) is 8.39. The van der Waals surface area contributed by atoms with Crippen LogP contribution < -0.4 is 17.8 Å². The summed E-state index contributed by atoms with van der Waals surface area (Å²) in [4.78, 5) is 3.72. The molecule has 0 aliphatic heterocycles. The average Bonchev–Trinajstić information content (AvgIpc) is 3.38. The molecule has 6 rings (SSSR count). The second-order valence-electron chi connectivity index (χ2n) is 11.1. The topological polar surface area (TPSA) is 21.4 Å². The minimum absolute atomic E-state index is 0.360. The van der Waals surface area contributed by atoms with Gasteiger partial charge in [-0.2, -0.15) is 0 Å². The average molecular weight is 600 g/mol. The molecule has 0 aliphatic carbocycles. The number of aromatic nitrogens is 1. The van der Waals surface area contributed by atoms with Gasteiger partial charge in [0, 0.05) is 0 Å². The second kappa shape index (κ2) is 10.4. The summed E-state index contributed by atoms with van der Waals surface area (Å²) >= 11 is -3.56. The van der Waals surface area contributed by atoms with Gasteiger partial charge in [-0.1, -0.05) is 0 Å². The van der Waals surface area contributed by atoms with Crippen LogP contribution in [0.15, 0.2) is 102 Å². The van der Waals surface area contributed by atoms with Crippen LogP contribution in [0.1, 0.15) is 41.9 Å². The number of fused-ring (bicyclic) bond motifs is 3. The molecule has 0 saturated carbocycles. The van der Waals surface area contributed by atoms with E-state index in [1.807, 2.05) is 67.1 Å². The fourth-order valence-electron chi connectivity index (χ4n) is 6.22. The number of aryl methyl sites for hydroxylation is 3. The van der Waals surface area contributed by atoms with E-state index in [9.17, 15) is 0 Å². The van der Waals surface area contributed by atoms with Crippen LogP contribution in [0.2, 0.25) is 5.76 Å². The molecular weight excluding hydrogens is 561 g/mol. The first-order valence-corrected chi connectivity index (χ1v) is 19.0. The van der Waals surface area contributed by atoms with E-state index < -0.39 is 26.0 Å². The van der Waals surface area contributed by atoms with Crippen LogP contribution in [0.5, 0.6) is 0 Å². The van der Waals surface area contributed by atoms with Gasteiger partial charge >= 0.3 is 251 Å². The van der Waals surface area contributed by atoms with Crippen molar-refractivity contribution >= 4 is 54.1 Å². The summed E-state index contributed by atoms with van der Waals surface area (Å²) in [5.41, 5.74) is 5.23. The zero-order valence-corrected chi connectivity index (χ0v) is 26.1. The maximum atomic E-state index is 8.85. The summed E-state index contributed by atoms with van der Waals surface area (Å²) in [6.45, 7) is 11.0. The number of rotatable bonds is 5. The molecule has 0 aliphatic rings. The molecule has 4 aromatic carbocycles. The molecule has 4 heteroatoms. The Morgan fingerprint density at radius 3 is 2.07 bits per heavy atom. The van der Waals surface area contributed by atoms with E-state index in [4.69, 9.17) is 16.5 Å². The fourth-order valence-corrected chi connectivity index (χ4v) is 14.0. The van der Waals surface area contributed by atoms with E-state index in [1.165, 1.54) is 8.79 Å². The first-order valence-electron chi connectivity index (χ1n) is 15.8. The van der Waals surface area contributed by atoms with E-state index in [-0.39, 0.29) is 0 Å². The van der Waals surface area contributed by atoms with Crippen LogP contribution in [0, 0.1) is 20.3 Å². The van der Waals surface area contributed by atoms with Crippen molar-refractivity contribution < 1.29 is 14.5 Å². The Kier molecular flexibility index (Phi) is 5.70. The number of benzene rings is 4. The first kappa shape index (κ1) is 22.5. The summed E-state index contributed by atoms with van der Waals surface area (Å²) < 4.78 is 46.6. The normalized spacial score (nSPS) is 13.9. The minimum atomic E-state index is -3.56. The summed E-state index contributed by atoms with van der Waals surface area (Å²) in [6.07, 6.45) is 1.78. The molecule has 2 aromatic heterocycles. The molecule has 0 atom stereocenters. The third-order valence-corrected chi connectivity index (χ3v) is 17.8. The summed E-state index contributed by atoms with van der Waals surface area (Å²) in [5, 5.41) is 1.75. The van der Waals surface area contributed by atoms with Crippen molar-refractivity contribution in [2.24, 2.45) is 7.05 Å². The first-order chi connectivity index (χ1) is 21.3. The molecule has 202 valence electrons. The molecule has 0 saturated heterocycles. The zero-order valence-electron chi connectivity index (χ0n) is 28.0. The molecule has 0 unspecified atom stereocenters. The Hall–Kier alpha value is -4.14. The van der Waals surface area contributed by atoms with Crippen molar-refractivity contribution in [2.45, 2.75) is 39.3 Å². The maximum absolute atomic E-state index is 8.85. The zero-order chi connectivity index (χ0) is 32.3. The fraction of sp³-hybridized carbons (Fsp3) is 0.189. The number of nitrogens with zero attached hydrogens (tertiary/aromatic N) is 2. The van der Waals surface area contributed by atoms with Gasteiger partial charge < -0.3 is 0 Å². The molecular formula is C37H35GeN2O+. The van der Waals surface area contributed by atoms with E-state index in [0.29, 0.717) is 28.0 Å². The number of furan rings is 1. The van der Waals surface area contributed by atoms with Crippen molar-refractivity contribution in [3.05, 3.63) is 125 Å². The van der Waals surface area contributed by atoms with Crippen LogP contribution in [0.25, 0.3) is 38.0 Å². The molecule has 0 bridgehead atoms. The van der Waals surface area contributed by atoms with Crippen molar-refractivity contribution in [3.63, 3.8) is 0 Å². The summed E-state index contributed by atoms with van der Waals surface area (Å²) in [5.74, 6) is 1.23. The van der Waals surface area contributed by atoms with Crippen molar-refractivity contribution in [1.29, 1.82) is 0 Å². The van der Waals surface area contributed by atoms with Gasteiger partial charge in [-0.05, 0) is 0 Å². The van der Waals surface area contributed by atoms with Crippen molar-refractivity contribution in [2.75, 3.05) is 0 Å². The molecule has 2 heterocycles. The summed E-state index contributed by atoms with van der Waals surface area (Å²) in [7, 11) is 1.89. The molecule has 0 N–H and O–H groups in total. The number of hydrogen-bond acceptors (Lipinski definition) is 1. The van der Waals surface area contributed by atoms with Gasteiger partial charge in [0.15, 0.2) is 0 Å². The number of hydrogen-bond donors (Lipinski definition) is 0. The van der Waals surface area contributed by atoms with Crippen LogP contribution in [-0.2, 0) is 7.05 Å². The van der Waals surface area contributed by atoms with Crippen LogP contribution in [-0.4, -0.2) is 13.3 Å². The summed E-state index contributed by atoms with van der Waals surface area (Å²) in [6, 6.07) is 30.5. The third kappa shape index (κ3) is 4.29. The Morgan fingerprint density at radius 1 is 0.878 bits per heavy atom. The van der Waals surface area contributed by atoms with Gasteiger partial charge in [0.25, 0.3) is 0 Å². The molecule has 0 fully saturated rings. The second-order valence-corrected chi connectivity index (χ2v) is 19.4. The van der Waals surface area contributed by atoms with Crippen LogP contribution in [0.3, 0.4) is 0 Å². The molecule has 0 amide bonds. The Labute approximate surface area is 250 Å². The Balaban J connectivity index is 1.74. The van der Waals surface area contributed by atoms with Crippen LogP contribution in [0.4, 0.5) is 5.69 Å². The number of pyridine rings is 1. The van der Waals surface area contributed by atoms with Gasteiger partial charge in [-0.15, -0.1) is 0 Å². The van der Waals surface area contributed by atoms with Gasteiger partial charge in [0.1, 0.15) is 0 Å². The van der Waals surface area contributed by atoms with E-state index in [0.717, 1.165) is 32.0 Å². The predicted molar refractivity (Wildman–Crippen MR) is 174 cm³/mol. The monoisotopic (exact) mass is 601 g/mol. The molecule has 0 radical (unpaired) electrons. The van der Waals surface area contributed by atoms with Gasteiger partial charge in [-0.3, -0.25) is 0 Å². The quantitative estimate of drug-likeness (QED) is 0.114. The molecule has 41 heavy (non-hydrogen) atoms. The SMILES string of the molecule is [2H]C([2H])([2H])c1c[n+](C)c(-c2c(C)ccc3c2oc2c(C([2H])(C)C)c([N+]#[C-])ccc23)c[c]1[Ge]([CH3])([c]1ccccc1)[c]1ccccc1. The van der Waals surface area contributed by atoms with Crippen molar-refractivity contribution in [1.82, 2.24) is 0 Å². The Morgan fingerprint density at radius 2 is 1.49 bits per heavy atom. The van der Waals surface area contributed by atoms with Gasteiger partial charge in [0.2, 0.25) is 0 Å². The Bertz CT molecular complexity index is 2080. The molecule has 0 spiro atoms. The predicted octanol–water partition coefficient (Wildman–Crippen LogP) is 7.47. The van der Waals surface area contributed by atoms with E-state index in [1.54, 1.807) is 26.1 Å². The van der Waals surface area contributed by atoms with Gasteiger partial charge in [-0.25, -0.2) is 0 Å².